The summed E-state index contributed by atoms with van der Waals surface area (Å²) in [5, 5.41) is 50.1. The van der Waals surface area contributed by atoms with E-state index in [1.54, 1.807) is 0 Å². The Kier molecular flexibility index (Phi) is 49.0. The molecule has 0 aromatic carbocycles. The zero-order valence-corrected chi connectivity index (χ0v) is 42.2. The molecule has 4 N–H and O–H groups in total. The quantitative estimate of drug-likeness (QED) is 0.0360. The van der Waals surface area contributed by atoms with Crippen molar-refractivity contribution < 1.29 is 20.4 Å². The normalized spacial score (nSPS) is 14.1. The number of aliphatic hydroxyl groups excluding tert-OH is 4. The van der Waals surface area contributed by atoms with Gasteiger partial charge in [-0.3, -0.25) is 0 Å². The lowest BCUT2D eigenvalue weighted by Crippen LogP contribution is -2.54. The highest BCUT2D eigenvalue weighted by Gasteiger charge is 2.26. The van der Waals surface area contributed by atoms with Gasteiger partial charge in [-0.05, 0) is 25.7 Å². The van der Waals surface area contributed by atoms with Gasteiger partial charge in [-0.1, -0.05) is 278 Å². The number of hydrogen-bond donors (Lipinski definition) is 4. The fourth-order valence-corrected chi connectivity index (χ4v) is 9.24. The molecule has 0 aliphatic heterocycles. The molecular formula is C55H114N2O4. The number of aliphatic hydroxyl groups is 4. The summed E-state index contributed by atoms with van der Waals surface area (Å²) in [5.41, 5.74) is 0. The van der Waals surface area contributed by atoms with Crippen molar-refractivity contribution in [3.8, 4) is 0 Å². The van der Waals surface area contributed by atoms with Crippen LogP contribution in [0.25, 0.3) is 0 Å². The molecule has 6 heteroatoms. The molecule has 0 spiro atoms. The van der Waals surface area contributed by atoms with Crippen LogP contribution in [0.4, 0.5) is 0 Å². The summed E-state index contributed by atoms with van der Waals surface area (Å²) < 4.78 is 0. The summed E-state index contributed by atoms with van der Waals surface area (Å²) in [7, 11) is 0. The summed E-state index contributed by atoms with van der Waals surface area (Å²) in [6.45, 7) is 10.9. The lowest BCUT2D eigenvalue weighted by Gasteiger charge is -2.39. The monoisotopic (exact) mass is 867 g/mol. The second-order valence-corrected chi connectivity index (χ2v) is 19.9. The second kappa shape index (κ2) is 49.2. The Balaban J connectivity index is 5.39. The molecule has 61 heavy (non-hydrogen) atoms. The highest BCUT2D eigenvalue weighted by atomic mass is 16.3. The van der Waals surface area contributed by atoms with E-state index in [0.717, 1.165) is 77.0 Å². The maximum Gasteiger partial charge on any atom is 0.0681 e. The summed E-state index contributed by atoms with van der Waals surface area (Å²) in [6.07, 6.45) is 50.8. The SMILES string of the molecule is CCCCCCCCCCCCC(O)CN(CC(O)CCCCCCCCCCC)N(CC(O)CCCCCCCCCCCC)CC(O)CCCCCCCCCCCC. The van der Waals surface area contributed by atoms with E-state index in [4.69, 9.17) is 0 Å². The Hall–Kier alpha value is -0.240. The molecule has 0 aromatic rings. The van der Waals surface area contributed by atoms with E-state index < -0.39 is 24.4 Å². The van der Waals surface area contributed by atoms with Crippen LogP contribution in [0.3, 0.4) is 0 Å². The highest BCUT2D eigenvalue weighted by Crippen LogP contribution is 2.19. The molecule has 0 bridgehead atoms. The van der Waals surface area contributed by atoms with Gasteiger partial charge in [0.1, 0.15) is 0 Å². The number of hydrogen-bond acceptors (Lipinski definition) is 6. The van der Waals surface area contributed by atoms with Crippen LogP contribution in [0.2, 0.25) is 0 Å². The van der Waals surface area contributed by atoms with Gasteiger partial charge < -0.3 is 20.4 Å². The lowest BCUT2D eigenvalue weighted by atomic mass is 10.0. The van der Waals surface area contributed by atoms with Gasteiger partial charge in [-0.2, -0.15) is 0 Å². The molecule has 0 rings (SSSR count). The Morgan fingerprint density at radius 2 is 0.344 bits per heavy atom. The van der Waals surface area contributed by atoms with Gasteiger partial charge >= 0.3 is 0 Å². The van der Waals surface area contributed by atoms with E-state index in [1.807, 2.05) is 0 Å². The molecule has 0 fully saturated rings. The fourth-order valence-electron chi connectivity index (χ4n) is 9.24. The number of rotatable bonds is 52. The number of hydrazine groups is 1. The third kappa shape index (κ3) is 44.7. The first-order valence-corrected chi connectivity index (χ1v) is 28.1. The van der Waals surface area contributed by atoms with Crippen molar-refractivity contribution >= 4 is 0 Å². The molecule has 0 amide bonds. The molecule has 0 saturated heterocycles. The predicted octanol–water partition coefficient (Wildman–Crippen LogP) is 15.8. The molecule has 0 aliphatic rings. The molecule has 4 atom stereocenters. The molecule has 0 heterocycles. The molecule has 368 valence electrons. The molecular weight excluding hydrogens is 753 g/mol. The molecule has 0 aromatic heterocycles. The minimum atomic E-state index is -0.491. The van der Waals surface area contributed by atoms with Crippen LogP contribution in [-0.2, 0) is 0 Å². The van der Waals surface area contributed by atoms with Gasteiger partial charge in [0, 0.05) is 26.2 Å². The first-order valence-electron chi connectivity index (χ1n) is 28.1. The van der Waals surface area contributed by atoms with Crippen LogP contribution in [-0.4, -0.2) is 81.0 Å². The van der Waals surface area contributed by atoms with E-state index in [9.17, 15) is 20.4 Å². The van der Waals surface area contributed by atoms with Gasteiger partial charge in [0.05, 0.1) is 24.4 Å². The van der Waals surface area contributed by atoms with Gasteiger partial charge in [-0.25, -0.2) is 10.0 Å². The highest BCUT2D eigenvalue weighted by molar-refractivity contribution is 4.74. The Labute approximate surface area is 383 Å². The third-order valence-corrected chi connectivity index (χ3v) is 13.4. The average molecular weight is 868 g/mol. The van der Waals surface area contributed by atoms with Crippen LogP contribution < -0.4 is 0 Å². The zero-order valence-electron chi connectivity index (χ0n) is 42.2. The number of unbranched alkanes of at least 4 members (excludes halogenated alkanes) is 35. The molecule has 0 saturated carbocycles. The topological polar surface area (TPSA) is 87.4 Å². The smallest absolute Gasteiger partial charge is 0.0681 e. The van der Waals surface area contributed by atoms with E-state index in [-0.39, 0.29) is 0 Å². The minimum absolute atomic E-state index is 0.446. The Bertz CT molecular complexity index is 785. The van der Waals surface area contributed by atoms with Gasteiger partial charge in [-0.15, -0.1) is 0 Å². The molecule has 0 aliphatic carbocycles. The van der Waals surface area contributed by atoms with Crippen molar-refractivity contribution in [3.05, 3.63) is 0 Å². The summed E-state index contributed by atoms with van der Waals surface area (Å²) >= 11 is 0. The molecule has 6 nitrogen and oxygen atoms in total. The van der Waals surface area contributed by atoms with Gasteiger partial charge in [0.2, 0.25) is 0 Å². The van der Waals surface area contributed by atoms with Gasteiger partial charge in [0.15, 0.2) is 0 Å². The maximum atomic E-state index is 11.5. The van der Waals surface area contributed by atoms with Crippen LogP contribution >= 0.6 is 0 Å². The minimum Gasteiger partial charge on any atom is -0.392 e. The average Bonchev–Trinajstić information content (AvgIpc) is 3.24. The first kappa shape index (κ1) is 60.8. The fraction of sp³-hybridized carbons (Fsp3) is 1.00. The van der Waals surface area contributed by atoms with Crippen LogP contribution in [0, 0.1) is 0 Å². The van der Waals surface area contributed by atoms with Crippen LogP contribution in [0.1, 0.15) is 304 Å². The van der Waals surface area contributed by atoms with Crippen LogP contribution in [0.15, 0.2) is 0 Å². The molecule has 4 unspecified atom stereocenters. The zero-order chi connectivity index (χ0) is 44.7. The lowest BCUT2D eigenvalue weighted by molar-refractivity contribution is -0.111. The first-order chi connectivity index (χ1) is 29.9. The standard InChI is InChI=1S/C55H114N2O4/c1-5-9-13-17-21-25-29-33-37-41-45-53(59)49-56(48-52(58)44-40-36-32-28-24-20-16-12-8-4)57(50-54(60)46-42-38-34-30-26-22-18-14-10-6-2)51-55(61)47-43-39-35-31-27-23-19-15-11-7-3/h52-55,58-61H,5-51H2,1-4H3. The Morgan fingerprint density at radius 3 is 0.492 bits per heavy atom. The van der Waals surface area contributed by atoms with Crippen molar-refractivity contribution in [1.82, 2.24) is 10.0 Å². The number of nitrogens with zero attached hydrogens (tertiary/aromatic N) is 2. The Morgan fingerprint density at radius 1 is 0.213 bits per heavy atom. The second-order valence-electron chi connectivity index (χ2n) is 19.9. The van der Waals surface area contributed by atoms with E-state index in [2.05, 4.69) is 37.7 Å². The van der Waals surface area contributed by atoms with Crippen molar-refractivity contribution in [3.63, 3.8) is 0 Å². The summed E-state index contributed by atoms with van der Waals surface area (Å²) in [5.74, 6) is 0. The van der Waals surface area contributed by atoms with Crippen LogP contribution in [0.5, 0.6) is 0 Å². The van der Waals surface area contributed by atoms with Crippen molar-refractivity contribution in [1.29, 1.82) is 0 Å². The maximum absolute atomic E-state index is 11.5. The molecule has 0 radical (unpaired) electrons. The van der Waals surface area contributed by atoms with E-state index >= 15 is 0 Å². The summed E-state index contributed by atoms with van der Waals surface area (Å²) in [6, 6.07) is 0. The van der Waals surface area contributed by atoms with Crippen molar-refractivity contribution in [2.45, 2.75) is 328 Å². The van der Waals surface area contributed by atoms with E-state index in [1.165, 1.54) is 199 Å². The van der Waals surface area contributed by atoms with Gasteiger partial charge in [0.25, 0.3) is 0 Å². The van der Waals surface area contributed by atoms with Crippen molar-refractivity contribution in [2.75, 3.05) is 26.2 Å². The summed E-state index contributed by atoms with van der Waals surface area (Å²) in [4.78, 5) is 0. The van der Waals surface area contributed by atoms with E-state index in [0.29, 0.717) is 26.2 Å². The predicted molar refractivity (Wildman–Crippen MR) is 268 cm³/mol. The van der Waals surface area contributed by atoms with Crippen molar-refractivity contribution in [2.24, 2.45) is 0 Å². The third-order valence-electron chi connectivity index (χ3n) is 13.4. The largest absolute Gasteiger partial charge is 0.392 e.